The Bertz CT molecular complexity index is 736. The molecule has 11 atom stereocenters. The monoisotopic (exact) mass is 485 g/mol. The predicted octanol–water partition coefficient (Wildman–Crippen LogP) is 1.28. The van der Waals surface area contributed by atoms with Crippen LogP contribution in [0.5, 0.6) is 0 Å². The summed E-state index contributed by atoms with van der Waals surface area (Å²) >= 11 is 0. The third-order valence-corrected chi connectivity index (χ3v) is 7.05. The molecule has 9 nitrogen and oxygen atoms in total. The van der Waals surface area contributed by atoms with E-state index in [1.807, 2.05) is 32.8 Å². The molecule has 0 bridgehead atoms. The molecule has 0 aromatic carbocycles. The van der Waals surface area contributed by atoms with Crippen molar-refractivity contribution in [1.82, 2.24) is 4.90 Å². The third kappa shape index (κ3) is 6.86. The quantitative estimate of drug-likeness (QED) is 0.505. The summed E-state index contributed by atoms with van der Waals surface area (Å²) in [4.78, 5) is 27.8. The lowest BCUT2D eigenvalue weighted by Gasteiger charge is -2.43. The van der Waals surface area contributed by atoms with Crippen LogP contribution in [0.25, 0.3) is 0 Å². The van der Waals surface area contributed by atoms with Crippen molar-refractivity contribution in [3.05, 3.63) is 12.2 Å². The van der Waals surface area contributed by atoms with Crippen molar-refractivity contribution in [3.63, 3.8) is 0 Å². The van der Waals surface area contributed by atoms with E-state index in [1.165, 1.54) is 26.0 Å². The first-order valence-electron chi connectivity index (χ1n) is 12.1. The van der Waals surface area contributed by atoms with Crippen LogP contribution in [-0.2, 0) is 23.8 Å². The number of aliphatic hydroxyl groups excluding tert-OH is 2. The van der Waals surface area contributed by atoms with Gasteiger partial charge in [0, 0.05) is 12.0 Å². The smallest absolute Gasteiger partial charge is 0.311 e. The lowest BCUT2D eigenvalue weighted by Crippen LogP contribution is -2.56. The highest BCUT2D eigenvalue weighted by Gasteiger charge is 2.44. The molecule has 2 heterocycles. The van der Waals surface area contributed by atoms with Crippen molar-refractivity contribution in [2.45, 2.75) is 103 Å². The summed E-state index contributed by atoms with van der Waals surface area (Å²) in [5.41, 5.74) is -1.75. The van der Waals surface area contributed by atoms with Gasteiger partial charge < -0.3 is 34.4 Å². The van der Waals surface area contributed by atoms with Crippen LogP contribution in [0.2, 0.25) is 0 Å². The van der Waals surface area contributed by atoms with Crippen LogP contribution in [0.1, 0.15) is 54.4 Å². The molecule has 2 rings (SSSR count). The molecular weight excluding hydrogens is 442 g/mol. The number of aliphatic hydroxyl groups is 3. The van der Waals surface area contributed by atoms with E-state index in [-0.39, 0.29) is 23.8 Å². The Kier molecular flexibility index (Phi) is 9.84. The summed E-state index contributed by atoms with van der Waals surface area (Å²) in [6.07, 6.45) is -1.67. The highest BCUT2D eigenvalue weighted by molar-refractivity contribution is 5.91. The highest BCUT2D eigenvalue weighted by Crippen LogP contribution is 2.32. The molecule has 0 saturated carbocycles. The zero-order chi connectivity index (χ0) is 26.0. The van der Waals surface area contributed by atoms with E-state index in [4.69, 9.17) is 14.2 Å². The van der Waals surface area contributed by atoms with Gasteiger partial charge in [0.1, 0.15) is 11.7 Å². The van der Waals surface area contributed by atoms with Gasteiger partial charge in [0.2, 0.25) is 0 Å². The van der Waals surface area contributed by atoms with E-state index in [9.17, 15) is 24.9 Å². The molecule has 196 valence electrons. The molecule has 0 aromatic heterocycles. The Morgan fingerprint density at radius 3 is 2.35 bits per heavy atom. The largest absolute Gasteiger partial charge is 0.456 e. The molecule has 1 fully saturated rings. The topological polar surface area (TPSA) is 126 Å². The molecule has 1 saturated heterocycles. The van der Waals surface area contributed by atoms with Crippen LogP contribution in [-0.4, -0.2) is 94.5 Å². The van der Waals surface area contributed by atoms with Crippen LogP contribution in [0, 0.1) is 17.8 Å². The molecule has 0 aliphatic carbocycles. The molecule has 3 N–H and O–H groups in total. The maximum absolute atomic E-state index is 13.2. The number of allylic oxidation sites excluding steroid dienone is 1. The molecule has 9 heteroatoms. The van der Waals surface area contributed by atoms with Crippen LogP contribution in [0.4, 0.5) is 0 Å². The first kappa shape index (κ1) is 28.9. The van der Waals surface area contributed by atoms with Crippen LogP contribution in [0.3, 0.4) is 0 Å². The number of carbonyl (C=O) groups is 2. The number of ether oxygens (including phenoxy) is 3. The summed E-state index contributed by atoms with van der Waals surface area (Å²) in [5.74, 6) is -2.32. The van der Waals surface area contributed by atoms with Crippen LogP contribution >= 0.6 is 0 Å². The van der Waals surface area contributed by atoms with Crippen molar-refractivity contribution >= 4 is 11.8 Å². The zero-order valence-corrected chi connectivity index (χ0v) is 21.7. The van der Waals surface area contributed by atoms with E-state index >= 15 is 0 Å². The van der Waals surface area contributed by atoms with E-state index < -0.39 is 54.1 Å². The van der Waals surface area contributed by atoms with Crippen molar-refractivity contribution in [1.29, 1.82) is 0 Å². The standard InChI is InChI=1S/C25H43NO8/c1-13-11-14(2)21(33-24-20(29)18(26(7)8)12-15(3)32-24)16(4)23(30)34-22(17(5)27)25(6,31)10-9-19(13)28/h9-10,13-18,20-22,24,27,29,31H,11-12H2,1-8H3/b10-9-/t13-,14+,15-,16-,17-,18+,20-,21+,22-,24+,25+/m1/s1. The van der Waals surface area contributed by atoms with Crippen molar-refractivity contribution in [3.8, 4) is 0 Å². The van der Waals surface area contributed by atoms with Gasteiger partial charge in [-0.2, -0.15) is 0 Å². The van der Waals surface area contributed by atoms with Gasteiger partial charge in [-0.25, -0.2) is 0 Å². The molecular formula is C25H43NO8. The lowest BCUT2D eigenvalue weighted by atomic mass is 9.83. The normalized spacial score (nSPS) is 44.6. The molecule has 34 heavy (non-hydrogen) atoms. The Hall–Kier alpha value is -1.36. The summed E-state index contributed by atoms with van der Waals surface area (Å²) in [7, 11) is 3.76. The van der Waals surface area contributed by atoms with Crippen molar-refractivity contribution in [2.75, 3.05) is 14.1 Å². The SMILES string of the molecule is C[C@@H]1C[C@H](N(C)C)[C@@H](O)[C@H](O[C@H]2[C@@H](C)C[C@@H](C)C(=O)/C=C\[C@](C)(O)[C@@H]([C@@H](C)O)OC(=O)[C@@H]2C)O1. The number of hydrogen-bond acceptors (Lipinski definition) is 9. The minimum Gasteiger partial charge on any atom is -0.456 e. The number of ketones is 1. The molecule has 2 aliphatic heterocycles. The highest BCUT2D eigenvalue weighted by atomic mass is 16.7. The van der Waals surface area contributed by atoms with Crippen molar-refractivity contribution < 1.29 is 39.1 Å². The average molecular weight is 486 g/mol. The van der Waals surface area contributed by atoms with Gasteiger partial charge in [0.25, 0.3) is 0 Å². The second-order valence-corrected chi connectivity index (χ2v) is 10.6. The minimum atomic E-state index is -1.75. The third-order valence-electron chi connectivity index (χ3n) is 7.05. The van der Waals surface area contributed by atoms with E-state index in [1.54, 1.807) is 13.8 Å². The molecule has 0 spiro atoms. The fraction of sp³-hybridized carbons (Fsp3) is 0.840. The number of carbonyl (C=O) groups excluding carboxylic acids is 2. The number of likely N-dealkylation sites (N-methyl/N-ethyl adjacent to an activating group) is 1. The summed E-state index contributed by atoms with van der Waals surface area (Å²) < 4.78 is 17.7. The zero-order valence-electron chi connectivity index (χ0n) is 21.7. The van der Waals surface area contributed by atoms with E-state index in [2.05, 4.69) is 0 Å². The number of cyclic esters (lactones) is 1. The van der Waals surface area contributed by atoms with Crippen LogP contribution < -0.4 is 0 Å². The van der Waals surface area contributed by atoms with Gasteiger partial charge in [-0.05, 0) is 72.7 Å². The molecule has 0 aromatic rings. The number of rotatable bonds is 4. The van der Waals surface area contributed by atoms with Gasteiger partial charge in [-0.1, -0.05) is 13.8 Å². The summed E-state index contributed by atoms with van der Waals surface area (Å²) in [6.45, 7) is 10.0. The number of hydrogen-bond donors (Lipinski definition) is 3. The van der Waals surface area contributed by atoms with Gasteiger partial charge in [0.15, 0.2) is 18.2 Å². The number of nitrogens with zero attached hydrogens (tertiary/aromatic N) is 1. The molecule has 0 unspecified atom stereocenters. The lowest BCUT2D eigenvalue weighted by molar-refractivity contribution is -0.279. The van der Waals surface area contributed by atoms with Gasteiger partial charge >= 0.3 is 5.97 Å². The maximum Gasteiger partial charge on any atom is 0.311 e. The molecule has 0 amide bonds. The first-order chi connectivity index (χ1) is 15.7. The second-order valence-electron chi connectivity index (χ2n) is 10.6. The molecule has 0 radical (unpaired) electrons. The summed E-state index contributed by atoms with van der Waals surface area (Å²) in [5, 5.41) is 32.0. The predicted molar refractivity (Wildman–Crippen MR) is 126 cm³/mol. The van der Waals surface area contributed by atoms with E-state index in [0.717, 1.165) is 0 Å². The van der Waals surface area contributed by atoms with Crippen molar-refractivity contribution in [2.24, 2.45) is 17.8 Å². The summed E-state index contributed by atoms with van der Waals surface area (Å²) in [6, 6.07) is -0.182. The van der Waals surface area contributed by atoms with Gasteiger partial charge in [-0.15, -0.1) is 0 Å². The maximum atomic E-state index is 13.2. The molecule has 2 aliphatic rings. The Morgan fingerprint density at radius 2 is 1.79 bits per heavy atom. The number of esters is 1. The van der Waals surface area contributed by atoms with E-state index in [0.29, 0.717) is 12.8 Å². The first-order valence-corrected chi connectivity index (χ1v) is 12.1. The fourth-order valence-corrected chi connectivity index (χ4v) is 4.94. The second kappa shape index (κ2) is 11.6. The van der Waals surface area contributed by atoms with Crippen LogP contribution in [0.15, 0.2) is 12.2 Å². The van der Waals surface area contributed by atoms with Gasteiger partial charge in [-0.3, -0.25) is 9.59 Å². The fourth-order valence-electron chi connectivity index (χ4n) is 4.94. The minimum absolute atomic E-state index is 0.162. The Labute approximate surface area is 203 Å². The Balaban J connectivity index is 2.40. The van der Waals surface area contributed by atoms with Gasteiger partial charge in [0.05, 0.1) is 24.2 Å². The Morgan fingerprint density at radius 1 is 1.18 bits per heavy atom. The average Bonchev–Trinajstić information content (AvgIpc) is 2.73.